The number of hydrogen-bond donors (Lipinski definition) is 0. The third-order valence-electron chi connectivity index (χ3n) is 3.16. The molecule has 0 radical (unpaired) electrons. The van der Waals surface area contributed by atoms with Gasteiger partial charge in [-0.2, -0.15) is 0 Å². The molecule has 4 heteroatoms. The van der Waals surface area contributed by atoms with Crippen LogP contribution in [0.3, 0.4) is 0 Å². The summed E-state index contributed by atoms with van der Waals surface area (Å²) in [4.78, 5) is 26.6. The molecule has 0 N–H and O–H groups in total. The van der Waals surface area contributed by atoms with Gasteiger partial charge >= 0.3 is 6.03 Å². The summed E-state index contributed by atoms with van der Waals surface area (Å²) in [6.45, 7) is 3.25. The quantitative estimate of drug-likeness (QED) is 0.666. The number of rotatable bonds is 2. The van der Waals surface area contributed by atoms with Crippen LogP contribution in [0.25, 0.3) is 0 Å². The smallest absolute Gasteiger partial charge is 0.324 e. The minimum Gasteiger partial charge on any atom is -0.324 e. The fourth-order valence-electron chi connectivity index (χ4n) is 2.00. The zero-order chi connectivity index (χ0) is 10.1. The van der Waals surface area contributed by atoms with E-state index in [1.54, 1.807) is 4.90 Å². The fraction of sp³-hybridized carbons (Fsp3) is 0.800. The molecule has 1 heterocycles. The molecule has 0 spiro atoms. The molecule has 0 aromatic carbocycles. The first kappa shape index (κ1) is 9.49. The summed E-state index contributed by atoms with van der Waals surface area (Å²) >= 11 is 0. The molecule has 14 heavy (non-hydrogen) atoms. The van der Waals surface area contributed by atoms with Gasteiger partial charge in [0.1, 0.15) is 0 Å². The van der Waals surface area contributed by atoms with Gasteiger partial charge in [-0.3, -0.25) is 9.69 Å². The number of amides is 3. The molecule has 4 nitrogen and oxygen atoms in total. The van der Waals surface area contributed by atoms with Crippen molar-refractivity contribution >= 4 is 11.9 Å². The largest absolute Gasteiger partial charge is 0.326 e. The van der Waals surface area contributed by atoms with E-state index in [9.17, 15) is 9.59 Å². The van der Waals surface area contributed by atoms with E-state index >= 15 is 0 Å². The maximum atomic E-state index is 11.8. The van der Waals surface area contributed by atoms with Crippen molar-refractivity contribution in [3.05, 3.63) is 0 Å². The van der Waals surface area contributed by atoms with E-state index in [0.717, 1.165) is 19.3 Å². The van der Waals surface area contributed by atoms with Gasteiger partial charge in [0.25, 0.3) is 0 Å². The second-order valence-electron chi connectivity index (χ2n) is 3.96. The number of carbonyl (C=O) groups is 2. The maximum Gasteiger partial charge on any atom is 0.326 e. The monoisotopic (exact) mass is 196 g/mol. The van der Waals surface area contributed by atoms with E-state index < -0.39 is 0 Å². The van der Waals surface area contributed by atoms with Crippen LogP contribution in [0.4, 0.5) is 4.79 Å². The summed E-state index contributed by atoms with van der Waals surface area (Å²) in [7, 11) is 0. The highest BCUT2D eigenvalue weighted by atomic mass is 16.2. The van der Waals surface area contributed by atoms with Crippen molar-refractivity contribution < 1.29 is 9.59 Å². The van der Waals surface area contributed by atoms with Crippen LogP contribution >= 0.6 is 0 Å². The lowest BCUT2D eigenvalue weighted by Gasteiger charge is -2.41. The van der Waals surface area contributed by atoms with Crippen LogP contribution in [-0.2, 0) is 4.79 Å². The number of urea groups is 1. The molecule has 0 atom stereocenters. The van der Waals surface area contributed by atoms with Gasteiger partial charge in [-0.15, -0.1) is 0 Å². The van der Waals surface area contributed by atoms with Crippen LogP contribution < -0.4 is 0 Å². The zero-order valence-electron chi connectivity index (χ0n) is 8.53. The van der Waals surface area contributed by atoms with Gasteiger partial charge < -0.3 is 4.90 Å². The Hall–Kier alpha value is -1.06. The summed E-state index contributed by atoms with van der Waals surface area (Å²) in [5.41, 5.74) is 0. The molecule has 78 valence electrons. The van der Waals surface area contributed by atoms with Crippen molar-refractivity contribution in [1.82, 2.24) is 9.80 Å². The Bertz CT molecular complexity index is 261. The molecule has 0 aromatic heterocycles. The van der Waals surface area contributed by atoms with Gasteiger partial charge in [-0.1, -0.05) is 0 Å². The normalized spacial score (nSPS) is 24.1. The van der Waals surface area contributed by atoms with Gasteiger partial charge in [0, 0.05) is 25.6 Å². The SMILES string of the molecule is CCN1CCC(=O)N(C2CCC2)C1=O. The summed E-state index contributed by atoms with van der Waals surface area (Å²) in [5.74, 6) is 0.0180. The second kappa shape index (κ2) is 3.59. The van der Waals surface area contributed by atoms with E-state index in [0.29, 0.717) is 19.5 Å². The highest BCUT2D eigenvalue weighted by Crippen LogP contribution is 2.28. The summed E-state index contributed by atoms with van der Waals surface area (Å²) in [6, 6.07) is 0.123. The van der Waals surface area contributed by atoms with E-state index in [1.165, 1.54) is 4.90 Å². The van der Waals surface area contributed by atoms with Crippen molar-refractivity contribution in [1.29, 1.82) is 0 Å². The Morgan fingerprint density at radius 3 is 2.57 bits per heavy atom. The van der Waals surface area contributed by atoms with E-state index in [2.05, 4.69) is 0 Å². The van der Waals surface area contributed by atoms with Gasteiger partial charge in [0.15, 0.2) is 0 Å². The lowest BCUT2D eigenvalue weighted by Crippen LogP contribution is -2.57. The molecule has 0 aromatic rings. The van der Waals surface area contributed by atoms with Crippen molar-refractivity contribution in [2.75, 3.05) is 13.1 Å². The van der Waals surface area contributed by atoms with Crippen molar-refractivity contribution in [2.45, 2.75) is 38.6 Å². The van der Waals surface area contributed by atoms with Crippen LogP contribution in [0.1, 0.15) is 32.6 Å². The number of imide groups is 1. The third kappa shape index (κ3) is 1.38. The van der Waals surface area contributed by atoms with Crippen LogP contribution in [0.2, 0.25) is 0 Å². The molecular weight excluding hydrogens is 180 g/mol. The Morgan fingerprint density at radius 1 is 1.36 bits per heavy atom. The molecular formula is C10H16N2O2. The standard InChI is InChI=1S/C10H16N2O2/c1-2-11-7-6-9(13)12(10(11)14)8-4-3-5-8/h8H,2-7H2,1H3. The van der Waals surface area contributed by atoms with E-state index in [-0.39, 0.29) is 18.0 Å². The molecule has 2 fully saturated rings. The van der Waals surface area contributed by atoms with E-state index in [4.69, 9.17) is 0 Å². The van der Waals surface area contributed by atoms with E-state index in [1.807, 2.05) is 6.92 Å². The Kier molecular flexibility index (Phi) is 2.44. The number of nitrogens with zero attached hydrogens (tertiary/aromatic N) is 2. The minimum absolute atomic E-state index is 0.0180. The van der Waals surface area contributed by atoms with Crippen LogP contribution in [-0.4, -0.2) is 40.9 Å². The highest BCUT2D eigenvalue weighted by Gasteiger charge is 2.38. The van der Waals surface area contributed by atoms with Crippen LogP contribution in [0.15, 0.2) is 0 Å². The summed E-state index contributed by atoms with van der Waals surface area (Å²) in [6.07, 6.45) is 3.63. The van der Waals surface area contributed by atoms with Gasteiger partial charge in [-0.05, 0) is 26.2 Å². The fourth-order valence-corrected chi connectivity index (χ4v) is 2.00. The molecule has 0 bridgehead atoms. The lowest BCUT2D eigenvalue weighted by molar-refractivity contribution is -0.134. The van der Waals surface area contributed by atoms with Gasteiger partial charge in [0.05, 0.1) is 0 Å². The third-order valence-corrected chi connectivity index (χ3v) is 3.16. The molecule has 2 aliphatic rings. The molecule has 1 saturated carbocycles. The first-order chi connectivity index (χ1) is 6.74. The highest BCUT2D eigenvalue weighted by molar-refractivity contribution is 5.97. The maximum absolute atomic E-state index is 11.8. The number of hydrogen-bond acceptors (Lipinski definition) is 2. The zero-order valence-corrected chi connectivity index (χ0v) is 8.53. The minimum atomic E-state index is -0.0755. The van der Waals surface area contributed by atoms with Crippen molar-refractivity contribution in [3.63, 3.8) is 0 Å². The number of carbonyl (C=O) groups excluding carboxylic acids is 2. The molecule has 0 unspecified atom stereocenters. The van der Waals surface area contributed by atoms with Gasteiger partial charge in [0.2, 0.25) is 5.91 Å². The topological polar surface area (TPSA) is 40.6 Å². The van der Waals surface area contributed by atoms with Gasteiger partial charge in [-0.25, -0.2) is 4.79 Å². The molecule has 1 saturated heterocycles. The van der Waals surface area contributed by atoms with Crippen molar-refractivity contribution in [3.8, 4) is 0 Å². The molecule has 2 rings (SSSR count). The average Bonchev–Trinajstić information content (AvgIpc) is 2.09. The van der Waals surface area contributed by atoms with Crippen molar-refractivity contribution in [2.24, 2.45) is 0 Å². The van der Waals surface area contributed by atoms with Crippen LogP contribution in [0, 0.1) is 0 Å². The molecule has 1 aliphatic carbocycles. The average molecular weight is 196 g/mol. The lowest BCUT2D eigenvalue weighted by atomic mass is 9.91. The Labute approximate surface area is 83.9 Å². The van der Waals surface area contributed by atoms with Crippen LogP contribution in [0.5, 0.6) is 0 Å². The predicted molar refractivity (Wildman–Crippen MR) is 51.7 cm³/mol. The molecule has 3 amide bonds. The first-order valence-corrected chi connectivity index (χ1v) is 5.35. The molecule has 1 aliphatic heterocycles. The predicted octanol–water partition coefficient (Wildman–Crippen LogP) is 1.21. The Balaban J connectivity index is 2.10. The Morgan fingerprint density at radius 2 is 2.07 bits per heavy atom. The first-order valence-electron chi connectivity index (χ1n) is 5.35. The second-order valence-corrected chi connectivity index (χ2v) is 3.96. The summed E-state index contributed by atoms with van der Waals surface area (Å²) in [5, 5.41) is 0. The summed E-state index contributed by atoms with van der Waals surface area (Å²) < 4.78 is 0.